The smallest absolute Gasteiger partial charge is 0.126 e. The highest BCUT2D eigenvalue weighted by atomic mass is 35.5. The van der Waals surface area contributed by atoms with Crippen LogP contribution in [0.4, 0.5) is 10.1 Å². The molecule has 92 valence electrons. The number of nitrogens with one attached hydrogen (secondary N) is 1. The van der Waals surface area contributed by atoms with Crippen LogP contribution in [0, 0.1) is 22.6 Å². The van der Waals surface area contributed by atoms with Gasteiger partial charge in [-0.1, -0.05) is 25.4 Å². The number of benzene rings is 1. The Morgan fingerprint density at radius 2 is 2.12 bits per heavy atom. The number of rotatable bonds is 5. The maximum atomic E-state index is 13.1. The van der Waals surface area contributed by atoms with Crippen LogP contribution in [0.15, 0.2) is 18.2 Å². The van der Waals surface area contributed by atoms with Crippen molar-refractivity contribution in [3.8, 4) is 6.07 Å². The maximum absolute atomic E-state index is 13.1. The molecule has 0 bridgehead atoms. The Kier molecular flexibility index (Phi) is 4.77. The molecule has 0 spiro atoms. The largest absolute Gasteiger partial charge is 0.384 e. The molecule has 17 heavy (non-hydrogen) atoms. The van der Waals surface area contributed by atoms with Crippen LogP contribution in [-0.2, 0) is 0 Å². The lowest BCUT2D eigenvalue weighted by molar-refractivity contribution is 0.364. The topological polar surface area (TPSA) is 35.8 Å². The average Bonchev–Trinajstić information content (AvgIpc) is 2.23. The summed E-state index contributed by atoms with van der Waals surface area (Å²) in [5.41, 5.74) is 0.661. The second-order valence-corrected chi connectivity index (χ2v) is 5.27. The van der Waals surface area contributed by atoms with Crippen molar-refractivity contribution in [2.45, 2.75) is 26.7 Å². The van der Waals surface area contributed by atoms with Crippen LogP contribution in [0.25, 0.3) is 0 Å². The van der Waals surface area contributed by atoms with Gasteiger partial charge in [0.25, 0.3) is 0 Å². The number of anilines is 1. The van der Waals surface area contributed by atoms with Crippen molar-refractivity contribution < 1.29 is 4.39 Å². The molecule has 2 nitrogen and oxygen atoms in total. The first kappa shape index (κ1) is 13.8. The third kappa shape index (κ3) is 5.06. The molecule has 0 radical (unpaired) electrons. The first-order chi connectivity index (χ1) is 7.93. The molecule has 0 aliphatic rings. The fourth-order valence-electron chi connectivity index (χ4n) is 1.48. The quantitative estimate of drug-likeness (QED) is 0.854. The van der Waals surface area contributed by atoms with Crippen LogP contribution in [0.5, 0.6) is 0 Å². The van der Waals surface area contributed by atoms with E-state index in [1.165, 1.54) is 12.1 Å². The van der Waals surface area contributed by atoms with Crippen LogP contribution in [0.1, 0.15) is 26.7 Å². The fourth-order valence-corrected chi connectivity index (χ4v) is 1.70. The predicted molar refractivity (Wildman–Crippen MR) is 68.5 cm³/mol. The Labute approximate surface area is 106 Å². The van der Waals surface area contributed by atoms with Crippen molar-refractivity contribution in [2.75, 3.05) is 11.9 Å². The van der Waals surface area contributed by atoms with E-state index in [1.807, 2.05) is 0 Å². The summed E-state index contributed by atoms with van der Waals surface area (Å²) in [5.74, 6) is -0.352. The molecule has 0 aliphatic heterocycles. The van der Waals surface area contributed by atoms with Gasteiger partial charge in [-0.15, -0.1) is 0 Å². The number of nitriles is 1. The molecule has 0 fully saturated rings. The van der Waals surface area contributed by atoms with Gasteiger partial charge in [0, 0.05) is 23.7 Å². The number of halogens is 2. The standard InChI is InChI=1S/C13H16ClFN2/c1-13(2,4-3-5-16)9-17-12-7-10(14)6-11(15)8-12/h6-8,17H,3-4,9H2,1-2H3. The van der Waals surface area contributed by atoms with E-state index in [2.05, 4.69) is 25.2 Å². The van der Waals surface area contributed by atoms with E-state index in [0.29, 0.717) is 23.7 Å². The van der Waals surface area contributed by atoms with Gasteiger partial charge in [0.2, 0.25) is 0 Å². The Morgan fingerprint density at radius 3 is 2.71 bits per heavy atom. The van der Waals surface area contributed by atoms with Crippen LogP contribution in [-0.4, -0.2) is 6.54 Å². The van der Waals surface area contributed by atoms with Crippen molar-refractivity contribution in [1.29, 1.82) is 5.26 Å². The number of nitrogens with zero attached hydrogens (tertiary/aromatic N) is 1. The summed E-state index contributed by atoms with van der Waals surface area (Å²) in [7, 11) is 0. The van der Waals surface area contributed by atoms with E-state index < -0.39 is 0 Å². The molecule has 0 saturated heterocycles. The molecule has 0 heterocycles. The highest BCUT2D eigenvalue weighted by Gasteiger charge is 2.17. The van der Waals surface area contributed by atoms with Gasteiger partial charge >= 0.3 is 0 Å². The van der Waals surface area contributed by atoms with Gasteiger partial charge < -0.3 is 5.32 Å². The highest BCUT2D eigenvalue weighted by Crippen LogP contribution is 2.24. The Hall–Kier alpha value is -1.27. The minimum absolute atomic E-state index is 0.00543. The summed E-state index contributed by atoms with van der Waals surface area (Å²) in [5, 5.41) is 12.1. The Bertz CT molecular complexity index is 404. The van der Waals surface area contributed by atoms with E-state index in [-0.39, 0.29) is 11.2 Å². The van der Waals surface area contributed by atoms with Crippen molar-refractivity contribution in [1.82, 2.24) is 0 Å². The van der Waals surface area contributed by atoms with Crippen molar-refractivity contribution >= 4 is 17.3 Å². The molecule has 0 atom stereocenters. The van der Waals surface area contributed by atoms with Crippen molar-refractivity contribution in [3.05, 3.63) is 29.0 Å². The fraction of sp³-hybridized carbons (Fsp3) is 0.462. The van der Waals surface area contributed by atoms with Gasteiger partial charge in [0.1, 0.15) is 5.82 Å². The normalized spacial score (nSPS) is 11.0. The second kappa shape index (κ2) is 5.88. The van der Waals surface area contributed by atoms with Gasteiger partial charge in [-0.3, -0.25) is 0 Å². The SMILES string of the molecule is CC(C)(CCC#N)CNc1cc(F)cc(Cl)c1. The molecule has 4 heteroatoms. The van der Waals surface area contributed by atoms with Gasteiger partial charge in [-0.25, -0.2) is 4.39 Å². The zero-order chi connectivity index (χ0) is 12.9. The van der Waals surface area contributed by atoms with Gasteiger partial charge in [0.05, 0.1) is 6.07 Å². The molecule has 1 rings (SSSR count). The lowest BCUT2D eigenvalue weighted by Crippen LogP contribution is -2.22. The van der Waals surface area contributed by atoms with E-state index in [0.717, 1.165) is 6.42 Å². The summed E-state index contributed by atoms with van der Waals surface area (Å²) in [6.07, 6.45) is 1.33. The Balaban J connectivity index is 2.58. The van der Waals surface area contributed by atoms with Crippen LogP contribution >= 0.6 is 11.6 Å². The summed E-state index contributed by atoms with van der Waals surface area (Å²) in [4.78, 5) is 0. The third-order valence-corrected chi connectivity index (χ3v) is 2.77. The second-order valence-electron chi connectivity index (χ2n) is 4.83. The minimum Gasteiger partial charge on any atom is -0.384 e. The van der Waals surface area contributed by atoms with E-state index in [4.69, 9.17) is 16.9 Å². The zero-order valence-corrected chi connectivity index (χ0v) is 10.8. The van der Waals surface area contributed by atoms with E-state index >= 15 is 0 Å². The van der Waals surface area contributed by atoms with Gasteiger partial charge in [-0.2, -0.15) is 5.26 Å². The molecular weight excluding hydrogens is 239 g/mol. The first-order valence-electron chi connectivity index (χ1n) is 5.50. The third-order valence-electron chi connectivity index (χ3n) is 2.55. The summed E-state index contributed by atoms with van der Waals surface area (Å²) in [6, 6.07) is 6.50. The molecular formula is C13H16ClFN2. The van der Waals surface area contributed by atoms with E-state index in [1.54, 1.807) is 6.07 Å². The Morgan fingerprint density at radius 1 is 1.41 bits per heavy atom. The zero-order valence-electron chi connectivity index (χ0n) is 10.1. The molecule has 1 N–H and O–H groups in total. The predicted octanol–water partition coefficient (Wildman–Crippen LogP) is 4.22. The van der Waals surface area contributed by atoms with Crippen LogP contribution in [0.2, 0.25) is 5.02 Å². The number of hydrogen-bond acceptors (Lipinski definition) is 2. The van der Waals surface area contributed by atoms with E-state index in [9.17, 15) is 4.39 Å². The summed E-state index contributed by atoms with van der Waals surface area (Å²) < 4.78 is 13.1. The first-order valence-corrected chi connectivity index (χ1v) is 5.88. The number of hydrogen-bond donors (Lipinski definition) is 1. The lowest BCUT2D eigenvalue weighted by atomic mass is 9.88. The maximum Gasteiger partial charge on any atom is 0.126 e. The molecule has 1 aromatic carbocycles. The molecule has 0 aliphatic carbocycles. The highest BCUT2D eigenvalue weighted by molar-refractivity contribution is 6.30. The minimum atomic E-state index is -0.352. The molecule has 0 amide bonds. The van der Waals surface area contributed by atoms with Gasteiger partial charge in [-0.05, 0) is 30.0 Å². The summed E-state index contributed by atoms with van der Waals surface area (Å²) in [6.45, 7) is 4.81. The monoisotopic (exact) mass is 254 g/mol. The van der Waals surface area contributed by atoms with Crippen molar-refractivity contribution in [3.63, 3.8) is 0 Å². The van der Waals surface area contributed by atoms with Crippen molar-refractivity contribution in [2.24, 2.45) is 5.41 Å². The average molecular weight is 255 g/mol. The lowest BCUT2D eigenvalue weighted by Gasteiger charge is -2.24. The molecule has 0 aromatic heterocycles. The van der Waals surface area contributed by atoms with Crippen LogP contribution < -0.4 is 5.32 Å². The molecule has 0 saturated carbocycles. The van der Waals surface area contributed by atoms with Crippen LogP contribution in [0.3, 0.4) is 0 Å². The van der Waals surface area contributed by atoms with Gasteiger partial charge in [0.15, 0.2) is 0 Å². The summed E-state index contributed by atoms with van der Waals surface area (Å²) >= 11 is 5.76. The molecule has 0 unspecified atom stereocenters. The molecule has 1 aromatic rings.